The molecule has 6 atom stereocenters. The van der Waals surface area contributed by atoms with Crippen LogP contribution in [0.5, 0.6) is 5.75 Å². The number of nitrogens with one attached hydrogen (secondary N) is 2. The summed E-state index contributed by atoms with van der Waals surface area (Å²) in [4.78, 5) is 58.6. The van der Waals surface area contributed by atoms with Crippen molar-refractivity contribution in [1.29, 1.82) is 0 Å². The molecule has 1 aliphatic rings. The standard InChI is InChI=1S/C29H38N4O7/c1-16(2)14-22-28(38)33(5)18(4)23(32-27(37)24-21(34)12-9-13-30-24)26(36)31-20(15-19-10-7-6-8-11-19)25(35)17(3)29(39)40-22/h6-13,16-18,20,22-23,25,34-35H,14-15H2,1-5H3,(H,31,36)(H,32,37)/t17-,18-,20+,22?,23+,25+/m1/s1. The number of ether oxygens (including phenoxy) is 1. The van der Waals surface area contributed by atoms with E-state index in [0.717, 1.165) is 5.56 Å². The van der Waals surface area contributed by atoms with E-state index >= 15 is 0 Å². The van der Waals surface area contributed by atoms with Crippen LogP contribution in [0.4, 0.5) is 0 Å². The monoisotopic (exact) mass is 554 g/mol. The molecule has 1 aromatic carbocycles. The molecule has 1 aromatic heterocycles. The fraction of sp³-hybridized carbons (Fsp3) is 0.483. The molecule has 3 amide bonds. The number of nitrogens with zero attached hydrogens (tertiary/aromatic N) is 2. The number of aliphatic hydroxyl groups excluding tert-OH is 1. The van der Waals surface area contributed by atoms with Crippen LogP contribution in [0.1, 0.15) is 50.2 Å². The number of esters is 1. The van der Waals surface area contributed by atoms with Gasteiger partial charge in [-0.25, -0.2) is 4.98 Å². The minimum Gasteiger partial charge on any atom is -0.505 e. The summed E-state index contributed by atoms with van der Waals surface area (Å²) in [5, 5.41) is 26.8. The second-order valence-corrected chi connectivity index (χ2v) is 10.7. The minimum atomic E-state index is -1.37. The maximum absolute atomic E-state index is 13.8. The molecule has 0 bridgehead atoms. The average Bonchev–Trinajstić information content (AvgIpc) is 2.93. The Balaban J connectivity index is 2.04. The van der Waals surface area contributed by atoms with E-state index in [4.69, 9.17) is 4.74 Å². The van der Waals surface area contributed by atoms with Gasteiger partial charge in [0.05, 0.1) is 24.1 Å². The van der Waals surface area contributed by atoms with Gasteiger partial charge in [-0.3, -0.25) is 19.2 Å². The molecule has 2 aromatic rings. The van der Waals surface area contributed by atoms with Crippen molar-refractivity contribution in [3.05, 3.63) is 59.9 Å². The molecule has 0 aliphatic carbocycles. The second-order valence-electron chi connectivity index (χ2n) is 10.7. The highest BCUT2D eigenvalue weighted by atomic mass is 16.5. The number of aliphatic hydroxyl groups is 1. The highest BCUT2D eigenvalue weighted by Crippen LogP contribution is 2.21. The molecule has 216 valence electrons. The van der Waals surface area contributed by atoms with E-state index in [1.807, 2.05) is 44.2 Å². The molecule has 0 saturated carbocycles. The van der Waals surface area contributed by atoms with Crippen LogP contribution in [-0.4, -0.2) is 81.2 Å². The number of likely N-dealkylation sites (N-methyl/N-ethyl adjacent to an activating group) is 1. The van der Waals surface area contributed by atoms with Crippen LogP contribution < -0.4 is 10.6 Å². The summed E-state index contributed by atoms with van der Waals surface area (Å²) in [5.74, 6) is -4.26. The number of hydrogen-bond donors (Lipinski definition) is 4. The summed E-state index contributed by atoms with van der Waals surface area (Å²) < 4.78 is 5.64. The Morgan fingerprint density at radius 2 is 1.80 bits per heavy atom. The van der Waals surface area contributed by atoms with E-state index in [9.17, 15) is 29.4 Å². The zero-order valence-electron chi connectivity index (χ0n) is 23.4. The van der Waals surface area contributed by atoms with Crippen molar-refractivity contribution in [3.63, 3.8) is 0 Å². The van der Waals surface area contributed by atoms with Gasteiger partial charge in [0.1, 0.15) is 11.8 Å². The number of aromatic hydroxyl groups is 1. The van der Waals surface area contributed by atoms with E-state index < -0.39 is 59.9 Å². The van der Waals surface area contributed by atoms with E-state index in [1.54, 1.807) is 6.92 Å². The minimum absolute atomic E-state index is 0.00431. The topological polar surface area (TPSA) is 158 Å². The summed E-state index contributed by atoms with van der Waals surface area (Å²) in [7, 11) is 1.46. The summed E-state index contributed by atoms with van der Waals surface area (Å²) >= 11 is 0. The van der Waals surface area contributed by atoms with Crippen LogP contribution in [0.3, 0.4) is 0 Å². The van der Waals surface area contributed by atoms with E-state index in [1.165, 1.54) is 37.2 Å². The third-order valence-electron chi connectivity index (χ3n) is 7.15. The SMILES string of the molecule is CC(C)CC1OC(=O)[C@H](C)[C@H](O)[C@H](Cc2ccccc2)NC(=O)[C@@H](NC(=O)c2ncccc2O)[C@@H](C)N(C)C1=O. The number of pyridine rings is 1. The lowest BCUT2D eigenvalue weighted by Crippen LogP contribution is -2.62. The number of benzene rings is 1. The fourth-order valence-electron chi connectivity index (χ4n) is 4.60. The number of carbonyl (C=O) groups is 4. The molecular formula is C29H38N4O7. The quantitative estimate of drug-likeness (QED) is 0.391. The fourth-order valence-corrected chi connectivity index (χ4v) is 4.60. The van der Waals surface area contributed by atoms with Gasteiger partial charge in [-0.2, -0.15) is 0 Å². The lowest BCUT2D eigenvalue weighted by Gasteiger charge is -2.37. The van der Waals surface area contributed by atoms with Crippen molar-refractivity contribution in [2.24, 2.45) is 11.8 Å². The number of cyclic esters (lactones) is 1. The Labute approximate surface area is 233 Å². The van der Waals surface area contributed by atoms with Gasteiger partial charge >= 0.3 is 5.97 Å². The average molecular weight is 555 g/mol. The van der Waals surface area contributed by atoms with Gasteiger partial charge in [-0.1, -0.05) is 44.2 Å². The normalized spacial score (nSPS) is 26.4. The molecule has 3 rings (SSSR count). The molecule has 1 saturated heterocycles. The first-order valence-corrected chi connectivity index (χ1v) is 13.3. The van der Waals surface area contributed by atoms with Gasteiger partial charge in [-0.15, -0.1) is 0 Å². The molecule has 1 aliphatic heterocycles. The van der Waals surface area contributed by atoms with Crippen molar-refractivity contribution in [3.8, 4) is 5.75 Å². The molecule has 11 heteroatoms. The van der Waals surface area contributed by atoms with Crippen molar-refractivity contribution >= 4 is 23.7 Å². The Morgan fingerprint density at radius 3 is 2.42 bits per heavy atom. The zero-order valence-corrected chi connectivity index (χ0v) is 23.4. The highest BCUT2D eigenvalue weighted by molar-refractivity contribution is 5.98. The van der Waals surface area contributed by atoms with Crippen molar-refractivity contribution in [2.45, 2.75) is 70.9 Å². The summed E-state index contributed by atoms with van der Waals surface area (Å²) in [5.41, 5.74) is 0.514. The van der Waals surface area contributed by atoms with Crippen LogP contribution in [0.15, 0.2) is 48.7 Å². The van der Waals surface area contributed by atoms with Gasteiger partial charge in [-0.05, 0) is 50.3 Å². The second kappa shape index (κ2) is 13.4. The van der Waals surface area contributed by atoms with Crippen LogP contribution in [0, 0.1) is 11.8 Å². The summed E-state index contributed by atoms with van der Waals surface area (Å²) in [6.07, 6.45) is -0.780. The van der Waals surface area contributed by atoms with Gasteiger partial charge in [0.15, 0.2) is 11.8 Å². The Morgan fingerprint density at radius 1 is 1.12 bits per heavy atom. The third kappa shape index (κ3) is 7.35. The van der Waals surface area contributed by atoms with Gasteiger partial charge in [0, 0.05) is 13.2 Å². The van der Waals surface area contributed by atoms with Crippen LogP contribution in [0.2, 0.25) is 0 Å². The number of amides is 3. The molecule has 0 spiro atoms. The van der Waals surface area contributed by atoms with Crippen LogP contribution in [0.25, 0.3) is 0 Å². The zero-order chi connectivity index (χ0) is 29.6. The Kier molecular flexibility index (Phi) is 10.2. The predicted molar refractivity (Wildman–Crippen MR) is 146 cm³/mol. The Bertz CT molecular complexity index is 1210. The first-order valence-electron chi connectivity index (χ1n) is 13.3. The Hall–Kier alpha value is -3.99. The predicted octanol–water partition coefficient (Wildman–Crippen LogP) is 1.43. The lowest BCUT2D eigenvalue weighted by atomic mass is 9.91. The first kappa shape index (κ1) is 30.6. The van der Waals surface area contributed by atoms with Crippen molar-refractivity contribution < 1.29 is 34.1 Å². The third-order valence-corrected chi connectivity index (χ3v) is 7.15. The molecular weight excluding hydrogens is 516 g/mol. The van der Waals surface area contributed by atoms with Crippen LogP contribution >= 0.6 is 0 Å². The summed E-state index contributed by atoms with van der Waals surface area (Å²) in [6.45, 7) is 6.82. The van der Waals surface area contributed by atoms with Gasteiger partial charge in [0.25, 0.3) is 11.8 Å². The highest BCUT2D eigenvalue weighted by Gasteiger charge is 2.41. The molecule has 1 fully saturated rings. The number of aromatic nitrogens is 1. The number of carbonyl (C=O) groups excluding carboxylic acids is 4. The van der Waals surface area contributed by atoms with Gasteiger partial charge in [0.2, 0.25) is 5.91 Å². The van der Waals surface area contributed by atoms with Crippen molar-refractivity contribution in [2.75, 3.05) is 7.05 Å². The van der Waals surface area contributed by atoms with E-state index in [-0.39, 0.29) is 30.2 Å². The molecule has 11 nitrogen and oxygen atoms in total. The lowest BCUT2D eigenvalue weighted by molar-refractivity contribution is -0.168. The molecule has 4 N–H and O–H groups in total. The van der Waals surface area contributed by atoms with Crippen molar-refractivity contribution in [1.82, 2.24) is 20.5 Å². The summed E-state index contributed by atoms with van der Waals surface area (Å²) in [6, 6.07) is 8.72. The maximum Gasteiger partial charge on any atom is 0.312 e. The molecule has 1 unspecified atom stereocenters. The van der Waals surface area contributed by atoms with E-state index in [2.05, 4.69) is 15.6 Å². The maximum atomic E-state index is 13.8. The molecule has 2 heterocycles. The van der Waals surface area contributed by atoms with E-state index in [0.29, 0.717) is 0 Å². The number of rotatable bonds is 6. The largest absolute Gasteiger partial charge is 0.505 e. The van der Waals surface area contributed by atoms with Crippen LogP contribution in [-0.2, 0) is 25.5 Å². The number of hydrogen-bond acceptors (Lipinski definition) is 8. The smallest absolute Gasteiger partial charge is 0.312 e. The molecule has 0 radical (unpaired) electrons. The van der Waals surface area contributed by atoms with Gasteiger partial charge < -0.3 is 30.5 Å². The first-order chi connectivity index (χ1) is 18.9. The molecule has 40 heavy (non-hydrogen) atoms.